The SMILES string of the molecule is CC(C)(C)n1cnnc1CCCc1cccs1. The fourth-order valence-corrected chi connectivity index (χ4v) is 2.62. The largest absolute Gasteiger partial charge is 0.312 e. The lowest BCUT2D eigenvalue weighted by atomic mass is 10.1. The van der Waals surface area contributed by atoms with Crippen LogP contribution in [0.4, 0.5) is 0 Å². The Balaban J connectivity index is 1.93. The maximum absolute atomic E-state index is 4.22. The molecule has 0 saturated heterocycles. The molecule has 0 radical (unpaired) electrons. The molecule has 0 bridgehead atoms. The normalized spacial score (nSPS) is 11.9. The van der Waals surface area contributed by atoms with Crippen LogP contribution in [0.15, 0.2) is 23.8 Å². The highest BCUT2D eigenvalue weighted by atomic mass is 32.1. The van der Waals surface area contributed by atoms with Crippen LogP contribution in [0.2, 0.25) is 0 Å². The van der Waals surface area contributed by atoms with Gasteiger partial charge in [0.15, 0.2) is 0 Å². The molecule has 2 heterocycles. The summed E-state index contributed by atoms with van der Waals surface area (Å²) in [6.07, 6.45) is 5.10. The summed E-state index contributed by atoms with van der Waals surface area (Å²) in [6.45, 7) is 6.54. The minimum Gasteiger partial charge on any atom is -0.312 e. The Hall–Kier alpha value is -1.16. The van der Waals surface area contributed by atoms with E-state index in [-0.39, 0.29) is 5.54 Å². The molecule has 0 N–H and O–H groups in total. The van der Waals surface area contributed by atoms with Gasteiger partial charge in [0.2, 0.25) is 0 Å². The lowest BCUT2D eigenvalue weighted by Gasteiger charge is -2.22. The van der Waals surface area contributed by atoms with E-state index >= 15 is 0 Å². The van der Waals surface area contributed by atoms with Crippen LogP contribution in [-0.2, 0) is 18.4 Å². The monoisotopic (exact) mass is 249 g/mol. The van der Waals surface area contributed by atoms with E-state index in [1.165, 1.54) is 4.88 Å². The highest BCUT2D eigenvalue weighted by Gasteiger charge is 2.17. The molecule has 0 saturated carbocycles. The van der Waals surface area contributed by atoms with E-state index in [1.807, 2.05) is 17.7 Å². The summed E-state index contributed by atoms with van der Waals surface area (Å²) < 4.78 is 2.17. The average Bonchev–Trinajstić information content (AvgIpc) is 2.86. The molecule has 0 amide bonds. The second-order valence-corrected chi connectivity index (χ2v) is 6.25. The Labute approximate surface area is 107 Å². The number of hydrogen-bond donors (Lipinski definition) is 0. The van der Waals surface area contributed by atoms with Gasteiger partial charge < -0.3 is 4.57 Å². The quantitative estimate of drug-likeness (QED) is 0.832. The molecule has 92 valence electrons. The van der Waals surface area contributed by atoms with Crippen LogP contribution >= 0.6 is 11.3 Å². The molecular weight excluding hydrogens is 230 g/mol. The van der Waals surface area contributed by atoms with Gasteiger partial charge in [-0.15, -0.1) is 21.5 Å². The highest BCUT2D eigenvalue weighted by Crippen LogP contribution is 2.17. The van der Waals surface area contributed by atoms with E-state index in [1.54, 1.807) is 0 Å². The molecule has 0 unspecified atom stereocenters. The lowest BCUT2D eigenvalue weighted by Crippen LogP contribution is -2.23. The first-order chi connectivity index (χ1) is 8.07. The van der Waals surface area contributed by atoms with Gasteiger partial charge >= 0.3 is 0 Å². The zero-order valence-electron chi connectivity index (χ0n) is 10.7. The smallest absolute Gasteiger partial charge is 0.133 e. The van der Waals surface area contributed by atoms with Gasteiger partial charge in [-0.2, -0.15) is 0 Å². The number of nitrogens with zero attached hydrogens (tertiary/aromatic N) is 3. The molecule has 0 aliphatic carbocycles. The third-order valence-corrected chi connectivity index (χ3v) is 3.68. The van der Waals surface area contributed by atoms with Crippen LogP contribution in [0.1, 0.15) is 37.9 Å². The molecule has 4 heteroatoms. The predicted molar refractivity (Wildman–Crippen MR) is 71.4 cm³/mol. The van der Waals surface area contributed by atoms with Crippen molar-refractivity contribution in [3.8, 4) is 0 Å². The lowest BCUT2D eigenvalue weighted by molar-refractivity contribution is 0.380. The van der Waals surface area contributed by atoms with Gasteiger partial charge in [0.25, 0.3) is 0 Å². The fraction of sp³-hybridized carbons (Fsp3) is 0.538. The van der Waals surface area contributed by atoms with Gasteiger partial charge in [0.1, 0.15) is 12.2 Å². The van der Waals surface area contributed by atoms with Crippen LogP contribution in [-0.4, -0.2) is 14.8 Å². The van der Waals surface area contributed by atoms with Gasteiger partial charge in [-0.05, 0) is 45.1 Å². The summed E-state index contributed by atoms with van der Waals surface area (Å²) >= 11 is 1.83. The number of aryl methyl sites for hydroxylation is 2. The van der Waals surface area contributed by atoms with E-state index in [9.17, 15) is 0 Å². The molecule has 0 aliphatic heterocycles. The summed E-state index contributed by atoms with van der Waals surface area (Å²) in [5, 5.41) is 10.4. The fourth-order valence-electron chi connectivity index (χ4n) is 1.87. The van der Waals surface area contributed by atoms with E-state index in [0.717, 1.165) is 25.1 Å². The van der Waals surface area contributed by atoms with Gasteiger partial charge in [-0.1, -0.05) is 6.07 Å². The maximum atomic E-state index is 4.22. The maximum Gasteiger partial charge on any atom is 0.133 e. The van der Waals surface area contributed by atoms with Gasteiger partial charge in [0.05, 0.1) is 0 Å². The zero-order valence-corrected chi connectivity index (χ0v) is 11.5. The molecule has 0 spiro atoms. The molecule has 0 fully saturated rings. The van der Waals surface area contributed by atoms with Crippen molar-refractivity contribution in [2.45, 2.75) is 45.6 Å². The first-order valence-corrected chi connectivity index (χ1v) is 6.87. The van der Waals surface area contributed by atoms with Gasteiger partial charge in [-0.3, -0.25) is 0 Å². The molecule has 0 aromatic carbocycles. The van der Waals surface area contributed by atoms with Crippen LogP contribution in [0, 0.1) is 0 Å². The molecule has 2 rings (SSSR count). The summed E-state index contributed by atoms with van der Waals surface area (Å²) in [4.78, 5) is 1.45. The summed E-state index contributed by atoms with van der Waals surface area (Å²) in [7, 11) is 0. The second kappa shape index (κ2) is 5.00. The van der Waals surface area contributed by atoms with Crippen molar-refractivity contribution in [3.05, 3.63) is 34.5 Å². The van der Waals surface area contributed by atoms with Crippen molar-refractivity contribution in [1.29, 1.82) is 0 Å². The zero-order chi connectivity index (χ0) is 12.3. The Kier molecular flexibility index (Phi) is 3.62. The molecular formula is C13H19N3S. The average molecular weight is 249 g/mol. The minimum atomic E-state index is 0.0712. The second-order valence-electron chi connectivity index (χ2n) is 5.22. The Bertz CT molecular complexity index is 451. The Morgan fingerprint density at radius 3 is 2.76 bits per heavy atom. The number of hydrogen-bond acceptors (Lipinski definition) is 3. The van der Waals surface area contributed by atoms with Gasteiger partial charge in [-0.25, -0.2) is 0 Å². The van der Waals surface area contributed by atoms with E-state index in [4.69, 9.17) is 0 Å². The summed E-state index contributed by atoms with van der Waals surface area (Å²) in [6, 6.07) is 4.30. The standard InChI is InChI=1S/C13H19N3S/c1-13(2,3)16-10-14-15-12(16)8-4-6-11-7-5-9-17-11/h5,7,9-10H,4,6,8H2,1-3H3. The van der Waals surface area contributed by atoms with Crippen molar-refractivity contribution in [1.82, 2.24) is 14.8 Å². The van der Waals surface area contributed by atoms with Crippen LogP contribution in [0.3, 0.4) is 0 Å². The van der Waals surface area contributed by atoms with Crippen molar-refractivity contribution in [2.75, 3.05) is 0 Å². The molecule has 3 nitrogen and oxygen atoms in total. The minimum absolute atomic E-state index is 0.0712. The topological polar surface area (TPSA) is 30.7 Å². The Morgan fingerprint density at radius 2 is 2.12 bits per heavy atom. The van der Waals surface area contributed by atoms with Crippen molar-refractivity contribution in [2.24, 2.45) is 0 Å². The van der Waals surface area contributed by atoms with E-state index in [2.05, 4.69) is 53.0 Å². The molecule has 0 aliphatic rings. The number of rotatable bonds is 4. The Morgan fingerprint density at radius 1 is 1.29 bits per heavy atom. The molecule has 0 atom stereocenters. The molecule has 2 aromatic rings. The van der Waals surface area contributed by atoms with Crippen molar-refractivity contribution in [3.63, 3.8) is 0 Å². The summed E-state index contributed by atoms with van der Waals surface area (Å²) in [5.74, 6) is 1.09. The molecule has 17 heavy (non-hydrogen) atoms. The van der Waals surface area contributed by atoms with Crippen LogP contribution < -0.4 is 0 Å². The third kappa shape index (κ3) is 3.16. The van der Waals surface area contributed by atoms with Crippen molar-refractivity contribution < 1.29 is 0 Å². The molecule has 2 aromatic heterocycles. The van der Waals surface area contributed by atoms with Crippen molar-refractivity contribution >= 4 is 11.3 Å². The first kappa shape index (κ1) is 12.3. The van der Waals surface area contributed by atoms with Crippen LogP contribution in [0.5, 0.6) is 0 Å². The number of thiophene rings is 1. The van der Waals surface area contributed by atoms with E-state index in [0.29, 0.717) is 0 Å². The van der Waals surface area contributed by atoms with Crippen LogP contribution in [0.25, 0.3) is 0 Å². The third-order valence-electron chi connectivity index (χ3n) is 2.74. The predicted octanol–water partition coefficient (Wildman–Crippen LogP) is 3.27. The number of aromatic nitrogens is 3. The summed E-state index contributed by atoms with van der Waals surface area (Å²) in [5.41, 5.74) is 0.0712. The highest BCUT2D eigenvalue weighted by molar-refractivity contribution is 7.09. The van der Waals surface area contributed by atoms with E-state index < -0.39 is 0 Å². The first-order valence-electron chi connectivity index (χ1n) is 5.99. The van der Waals surface area contributed by atoms with Gasteiger partial charge in [0, 0.05) is 16.8 Å².